The summed E-state index contributed by atoms with van der Waals surface area (Å²) in [5, 5.41) is 7.57. The maximum atomic E-state index is 7.57. The number of nitrogens with two attached hydrogens (primary N) is 1. The first-order valence-electron chi connectivity index (χ1n) is 4.47. The molecule has 0 unspecified atom stereocenters. The maximum Gasteiger partial charge on any atom is 0.0402 e. The molecule has 0 aliphatic rings. The van der Waals surface area contributed by atoms with Crippen LogP contribution in [0, 0.1) is 20.8 Å². The molecule has 1 rings (SSSR count). The molecule has 2 heteroatoms. The molecule has 2 nitrogen and oxygen atoms in total. The number of rotatable bonds is 0. The Hall–Kier alpha value is -1.02. The summed E-state index contributed by atoms with van der Waals surface area (Å²) in [6.07, 6.45) is 0. The average molecular weight is 181 g/mol. The van der Waals surface area contributed by atoms with E-state index in [0.717, 1.165) is 5.69 Å². The number of hydrogen-bond acceptors (Lipinski definition) is 2. The molecule has 0 spiro atoms. The lowest BCUT2D eigenvalue weighted by Crippen LogP contribution is -1.93. The van der Waals surface area contributed by atoms with Gasteiger partial charge in [-0.15, -0.1) is 0 Å². The van der Waals surface area contributed by atoms with E-state index in [4.69, 9.17) is 10.8 Å². The Morgan fingerprint density at radius 1 is 1.15 bits per heavy atom. The molecule has 13 heavy (non-hydrogen) atoms. The Morgan fingerprint density at radius 3 is 1.77 bits per heavy atom. The van der Waals surface area contributed by atoms with E-state index >= 15 is 0 Å². The number of benzene rings is 1. The molecule has 1 aromatic carbocycles. The van der Waals surface area contributed by atoms with Crippen LogP contribution in [-0.2, 0) is 0 Å². The molecule has 0 atom stereocenters. The van der Waals surface area contributed by atoms with Gasteiger partial charge in [-0.3, -0.25) is 0 Å². The normalized spacial score (nSPS) is 9.00. The van der Waals surface area contributed by atoms with Gasteiger partial charge in [0.2, 0.25) is 0 Å². The number of anilines is 1. The summed E-state index contributed by atoms with van der Waals surface area (Å²) in [5.41, 5.74) is 10.3. The zero-order valence-electron chi connectivity index (χ0n) is 8.89. The second-order valence-electron chi connectivity index (χ2n) is 3.13. The zero-order valence-corrected chi connectivity index (χ0v) is 8.89. The van der Waals surface area contributed by atoms with Gasteiger partial charge in [0.1, 0.15) is 0 Å². The monoisotopic (exact) mass is 181 g/mol. The van der Waals surface area contributed by atoms with Crippen LogP contribution in [0.15, 0.2) is 12.1 Å². The van der Waals surface area contributed by atoms with Crippen molar-refractivity contribution < 1.29 is 5.11 Å². The minimum atomic E-state index is 0.250. The molecule has 0 aliphatic carbocycles. The smallest absolute Gasteiger partial charge is 0.0402 e. The van der Waals surface area contributed by atoms with Crippen molar-refractivity contribution >= 4 is 5.69 Å². The SMILES string of the molecule is CCO.Cc1cc(C)c(N)c(C)c1. The molecule has 0 aliphatic heterocycles. The maximum absolute atomic E-state index is 7.57. The fourth-order valence-electron chi connectivity index (χ4n) is 1.19. The van der Waals surface area contributed by atoms with E-state index in [9.17, 15) is 0 Å². The molecule has 0 aromatic heterocycles. The summed E-state index contributed by atoms with van der Waals surface area (Å²) in [6.45, 7) is 8.09. The third-order valence-electron chi connectivity index (χ3n) is 1.74. The minimum Gasteiger partial charge on any atom is -0.398 e. The van der Waals surface area contributed by atoms with Crippen LogP contribution >= 0.6 is 0 Å². The van der Waals surface area contributed by atoms with E-state index in [1.807, 2.05) is 13.8 Å². The topological polar surface area (TPSA) is 46.2 Å². The number of aryl methyl sites for hydroxylation is 3. The predicted molar refractivity (Wildman–Crippen MR) is 57.8 cm³/mol. The van der Waals surface area contributed by atoms with Crippen molar-refractivity contribution in [3.05, 3.63) is 28.8 Å². The first-order valence-corrected chi connectivity index (χ1v) is 4.47. The van der Waals surface area contributed by atoms with Crippen LogP contribution < -0.4 is 5.73 Å². The van der Waals surface area contributed by atoms with E-state index in [-0.39, 0.29) is 6.61 Å². The average Bonchev–Trinajstić information content (AvgIpc) is 2.01. The van der Waals surface area contributed by atoms with Gasteiger partial charge in [0, 0.05) is 12.3 Å². The molecule has 0 fully saturated rings. The lowest BCUT2D eigenvalue weighted by molar-refractivity contribution is 0.318. The molecule has 74 valence electrons. The van der Waals surface area contributed by atoms with Crippen molar-refractivity contribution in [2.24, 2.45) is 0 Å². The molecule has 1 aromatic rings. The molecule has 0 saturated carbocycles. The molecule has 0 amide bonds. The van der Waals surface area contributed by atoms with Gasteiger partial charge in [0.05, 0.1) is 0 Å². The van der Waals surface area contributed by atoms with E-state index in [0.29, 0.717) is 0 Å². The van der Waals surface area contributed by atoms with Crippen molar-refractivity contribution in [1.29, 1.82) is 0 Å². The second-order valence-corrected chi connectivity index (χ2v) is 3.13. The van der Waals surface area contributed by atoms with Gasteiger partial charge >= 0.3 is 0 Å². The van der Waals surface area contributed by atoms with Crippen molar-refractivity contribution in [2.45, 2.75) is 27.7 Å². The summed E-state index contributed by atoms with van der Waals surface area (Å²) in [4.78, 5) is 0. The second kappa shape index (κ2) is 5.60. The highest BCUT2D eigenvalue weighted by Gasteiger charge is 1.96. The Labute approximate surface area is 80.4 Å². The van der Waals surface area contributed by atoms with Crippen molar-refractivity contribution in [3.63, 3.8) is 0 Å². The minimum absolute atomic E-state index is 0.250. The summed E-state index contributed by atoms with van der Waals surface area (Å²) >= 11 is 0. The van der Waals surface area contributed by atoms with Crippen molar-refractivity contribution in [3.8, 4) is 0 Å². The van der Waals surface area contributed by atoms with Crippen LogP contribution in [0.4, 0.5) is 5.69 Å². The Balaban J connectivity index is 0.000000424. The van der Waals surface area contributed by atoms with Crippen LogP contribution in [-0.4, -0.2) is 11.7 Å². The lowest BCUT2D eigenvalue weighted by Gasteiger charge is -2.04. The lowest BCUT2D eigenvalue weighted by atomic mass is 10.1. The number of aliphatic hydroxyl groups is 1. The van der Waals surface area contributed by atoms with Gasteiger partial charge in [-0.05, 0) is 38.8 Å². The van der Waals surface area contributed by atoms with Crippen molar-refractivity contribution in [2.75, 3.05) is 12.3 Å². The van der Waals surface area contributed by atoms with Crippen LogP contribution in [0.25, 0.3) is 0 Å². The third-order valence-corrected chi connectivity index (χ3v) is 1.74. The van der Waals surface area contributed by atoms with Gasteiger partial charge < -0.3 is 10.8 Å². The number of hydrogen-bond donors (Lipinski definition) is 2. The van der Waals surface area contributed by atoms with E-state index in [2.05, 4.69) is 19.1 Å². The van der Waals surface area contributed by atoms with Crippen LogP contribution in [0.3, 0.4) is 0 Å². The highest BCUT2D eigenvalue weighted by molar-refractivity contribution is 5.54. The fraction of sp³-hybridized carbons (Fsp3) is 0.455. The standard InChI is InChI=1S/C9H13N.C2H6O/c1-6-4-7(2)9(10)8(3)5-6;1-2-3/h4-5H,10H2,1-3H3;3H,2H2,1H3. The van der Waals surface area contributed by atoms with E-state index in [1.165, 1.54) is 16.7 Å². The van der Waals surface area contributed by atoms with Gasteiger partial charge in [-0.25, -0.2) is 0 Å². The van der Waals surface area contributed by atoms with Gasteiger partial charge in [0.15, 0.2) is 0 Å². The fourth-order valence-corrected chi connectivity index (χ4v) is 1.19. The van der Waals surface area contributed by atoms with Gasteiger partial charge in [-0.2, -0.15) is 0 Å². The Kier molecular flexibility index (Phi) is 5.16. The van der Waals surface area contributed by atoms with Gasteiger partial charge in [-0.1, -0.05) is 17.7 Å². The summed E-state index contributed by atoms with van der Waals surface area (Å²) in [5.74, 6) is 0. The molecule has 0 heterocycles. The highest BCUT2D eigenvalue weighted by atomic mass is 16.2. The number of aliphatic hydroxyl groups excluding tert-OH is 1. The third kappa shape index (κ3) is 3.95. The molecule has 0 radical (unpaired) electrons. The zero-order chi connectivity index (χ0) is 10.4. The summed E-state index contributed by atoms with van der Waals surface area (Å²) in [7, 11) is 0. The summed E-state index contributed by atoms with van der Waals surface area (Å²) in [6, 6.07) is 4.20. The first kappa shape index (κ1) is 12.0. The quantitative estimate of drug-likeness (QED) is 0.603. The predicted octanol–water partition coefficient (Wildman–Crippen LogP) is 2.19. The van der Waals surface area contributed by atoms with E-state index in [1.54, 1.807) is 6.92 Å². The Bertz CT molecular complexity index is 246. The number of nitrogen functional groups attached to an aromatic ring is 1. The molecular formula is C11H19NO. The molecule has 3 N–H and O–H groups in total. The summed E-state index contributed by atoms with van der Waals surface area (Å²) < 4.78 is 0. The van der Waals surface area contributed by atoms with Gasteiger partial charge in [0.25, 0.3) is 0 Å². The highest BCUT2D eigenvalue weighted by Crippen LogP contribution is 2.17. The van der Waals surface area contributed by atoms with Crippen molar-refractivity contribution in [1.82, 2.24) is 0 Å². The largest absolute Gasteiger partial charge is 0.398 e. The van der Waals surface area contributed by atoms with Crippen LogP contribution in [0.2, 0.25) is 0 Å². The molecular weight excluding hydrogens is 162 g/mol. The first-order chi connectivity index (χ1) is 6.02. The molecule has 0 bridgehead atoms. The van der Waals surface area contributed by atoms with Crippen LogP contribution in [0.1, 0.15) is 23.6 Å². The Morgan fingerprint density at radius 2 is 1.46 bits per heavy atom. The van der Waals surface area contributed by atoms with E-state index < -0.39 is 0 Å². The molecule has 0 saturated heterocycles. The van der Waals surface area contributed by atoms with Crippen LogP contribution in [0.5, 0.6) is 0 Å².